The van der Waals surface area contributed by atoms with Gasteiger partial charge in [0.2, 0.25) is 0 Å². The molecule has 7 atom stereocenters. The fraction of sp³-hybridized carbons (Fsp3) is 0.895. The van der Waals surface area contributed by atoms with Gasteiger partial charge >= 0.3 is 0 Å². The van der Waals surface area contributed by atoms with Crippen LogP contribution in [-0.4, -0.2) is 11.2 Å². The van der Waals surface area contributed by atoms with E-state index in [1.165, 1.54) is 44.9 Å². The molecule has 0 aromatic rings. The van der Waals surface area contributed by atoms with Crippen molar-refractivity contribution in [1.82, 2.24) is 0 Å². The van der Waals surface area contributed by atoms with Gasteiger partial charge in [-0.3, -0.25) is 0 Å². The van der Waals surface area contributed by atoms with Crippen LogP contribution in [0.15, 0.2) is 12.2 Å². The zero-order chi connectivity index (χ0) is 14.0. The highest BCUT2D eigenvalue weighted by Gasteiger charge is 2.59. The molecule has 1 heteroatoms. The van der Waals surface area contributed by atoms with Crippen LogP contribution in [0.5, 0.6) is 0 Å². The maximum absolute atomic E-state index is 11.0. The Morgan fingerprint density at radius 1 is 1.10 bits per heavy atom. The Bertz CT molecular complexity index is 427. The van der Waals surface area contributed by atoms with Gasteiger partial charge < -0.3 is 5.11 Å². The summed E-state index contributed by atoms with van der Waals surface area (Å²) in [6, 6.07) is 0. The van der Waals surface area contributed by atoms with Crippen LogP contribution < -0.4 is 0 Å². The van der Waals surface area contributed by atoms with E-state index in [-0.39, 0.29) is 6.10 Å². The number of aliphatic hydroxyl groups excluding tert-OH is 1. The predicted octanol–water partition coefficient (Wildman–Crippen LogP) is 4.56. The number of hydrogen-bond donors (Lipinski definition) is 1. The summed E-state index contributed by atoms with van der Waals surface area (Å²) in [5, 5.41) is 11.0. The van der Waals surface area contributed by atoms with E-state index in [1.807, 2.05) is 0 Å². The topological polar surface area (TPSA) is 20.2 Å². The minimum atomic E-state index is -0.0429. The number of allylic oxidation sites excluding steroid dienone is 2. The smallest absolute Gasteiger partial charge is 0.0581 e. The minimum absolute atomic E-state index is 0.0429. The van der Waals surface area contributed by atoms with Gasteiger partial charge in [-0.25, -0.2) is 0 Å². The Kier molecular flexibility index (Phi) is 2.91. The molecule has 0 saturated heterocycles. The maximum atomic E-state index is 11.0. The van der Waals surface area contributed by atoms with E-state index in [4.69, 9.17) is 0 Å². The molecule has 4 aliphatic rings. The van der Waals surface area contributed by atoms with Crippen LogP contribution in [0.3, 0.4) is 0 Å². The van der Waals surface area contributed by atoms with E-state index in [2.05, 4.69) is 26.0 Å². The van der Waals surface area contributed by atoms with E-state index < -0.39 is 0 Å². The maximum Gasteiger partial charge on any atom is 0.0581 e. The number of aliphatic hydroxyl groups is 1. The van der Waals surface area contributed by atoms with E-state index in [9.17, 15) is 5.11 Å². The number of rotatable bonds is 0. The Morgan fingerprint density at radius 3 is 2.80 bits per heavy atom. The molecule has 4 aliphatic carbocycles. The van der Waals surface area contributed by atoms with Gasteiger partial charge in [-0.05, 0) is 79.4 Å². The highest BCUT2D eigenvalue weighted by molar-refractivity contribution is 5.13. The van der Waals surface area contributed by atoms with Gasteiger partial charge in [0.05, 0.1) is 6.10 Å². The molecule has 0 aromatic carbocycles. The summed E-state index contributed by atoms with van der Waals surface area (Å²) in [5.41, 5.74) is 0.829. The first-order valence-corrected chi connectivity index (χ1v) is 8.88. The van der Waals surface area contributed by atoms with Crippen molar-refractivity contribution in [3.05, 3.63) is 12.2 Å². The molecular formula is C19H30O. The lowest BCUT2D eigenvalue weighted by molar-refractivity contribution is -0.152. The average molecular weight is 274 g/mol. The highest BCUT2D eigenvalue weighted by atomic mass is 16.3. The first-order valence-electron chi connectivity index (χ1n) is 8.88. The molecular weight excluding hydrogens is 244 g/mol. The third-order valence-corrected chi connectivity index (χ3v) is 7.91. The van der Waals surface area contributed by atoms with Crippen molar-refractivity contribution in [3.63, 3.8) is 0 Å². The third kappa shape index (κ3) is 1.65. The minimum Gasteiger partial charge on any atom is -0.393 e. The zero-order valence-corrected chi connectivity index (χ0v) is 13.1. The van der Waals surface area contributed by atoms with Crippen molar-refractivity contribution in [3.8, 4) is 0 Å². The molecule has 0 amide bonds. The van der Waals surface area contributed by atoms with Crippen LogP contribution in [0.1, 0.15) is 65.2 Å². The third-order valence-electron chi connectivity index (χ3n) is 7.91. The molecule has 1 nitrogen and oxygen atoms in total. The molecule has 0 heterocycles. The van der Waals surface area contributed by atoms with E-state index >= 15 is 0 Å². The van der Waals surface area contributed by atoms with Crippen LogP contribution in [0, 0.1) is 34.5 Å². The second kappa shape index (κ2) is 4.35. The average Bonchev–Trinajstić information content (AvgIpc) is 2.78. The van der Waals surface area contributed by atoms with E-state index in [0.717, 1.165) is 24.2 Å². The van der Waals surface area contributed by atoms with Crippen LogP contribution in [0.4, 0.5) is 0 Å². The number of fused-ring (bicyclic) bond motifs is 5. The zero-order valence-electron chi connectivity index (χ0n) is 13.1. The summed E-state index contributed by atoms with van der Waals surface area (Å²) in [7, 11) is 0. The summed E-state index contributed by atoms with van der Waals surface area (Å²) >= 11 is 0. The van der Waals surface area contributed by atoms with Gasteiger partial charge in [0.25, 0.3) is 0 Å². The second-order valence-electron chi connectivity index (χ2n) is 8.81. The molecule has 0 spiro atoms. The largest absolute Gasteiger partial charge is 0.393 e. The lowest BCUT2D eigenvalue weighted by Gasteiger charge is -2.60. The summed E-state index contributed by atoms with van der Waals surface area (Å²) in [5.74, 6) is 3.11. The Hall–Kier alpha value is -0.300. The molecule has 112 valence electrons. The standard InChI is InChI=1S/C19H30O/c1-18-10-5-7-15(18)14-9-8-13-6-3-4-11-19(13,2)17(14)16(20)12-18/h3-4,13-17,20H,5-12H2,1-2H3/t13?,14-,15-,16-,17+,18-,19-/m0/s1. The van der Waals surface area contributed by atoms with Gasteiger partial charge in [-0.1, -0.05) is 32.4 Å². The van der Waals surface area contributed by atoms with Gasteiger partial charge in [0.1, 0.15) is 0 Å². The molecule has 0 radical (unpaired) electrons. The summed E-state index contributed by atoms with van der Waals surface area (Å²) in [4.78, 5) is 0. The summed E-state index contributed by atoms with van der Waals surface area (Å²) in [6.07, 6.45) is 15.3. The van der Waals surface area contributed by atoms with Crippen molar-refractivity contribution in [1.29, 1.82) is 0 Å². The lowest BCUT2D eigenvalue weighted by atomic mass is 9.45. The molecule has 0 bridgehead atoms. The first kappa shape index (κ1) is 13.4. The van der Waals surface area contributed by atoms with Crippen molar-refractivity contribution >= 4 is 0 Å². The van der Waals surface area contributed by atoms with Crippen molar-refractivity contribution in [2.75, 3.05) is 0 Å². The Labute approximate surface area is 123 Å². The fourth-order valence-corrected chi connectivity index (χ4v) is 6.98. The summed E-state index contributed by atoms with van der Waals surface area (Å²) in [6.45, 7) is 4.97. The number of hydrogen-bond acceptors (Lipinski definition) is 1. The normalized spacial score (nSPS) is 57.9. The van der Waals surface area contributed by atoms with Gasteiger partial charge in [-0.15, -0.1) is 0 Å². The van der Waals surface area contributed by atoms with Gasteiger partial charge in [0.15, 0.2) is 0 Å². The molecule has 0 aromatic heterocycles. The quantitative estimate of drug-likeness (QED) is 0.642. The van der Waals surface area contributed by atoms with Crippen LogP contribution in [-0.2, 0) is 0 Å². The molecule has 3 fully saturated rings. The molecule has 1 unspecified atom stereocenters. The van der Waals surface area contributed by atoms with Crippen molar-refractivity contribution < 1.29 is 5.11 Å². The fourth-order valence-electron chi connectivity index (χ4n) is 6.98. The molecule has 20 heavy (non-hydrogen) atoms. The monoisotopic (exact) mass is 274 g/mol. The van der Waals surface area contributed by atoms with E-state index in [1.54, 1.807) is 0 Å². The SMILES string of the molecule is C[C@@]12CCC[C@H]1[C@@H]1CCC3CC=CC[C@]3(C)[C@H]1[C@@H](O)C2. The molecule has 4 rings (SSSR count). The molecule has 0 aliphatic heterocycles. The van der Waals surface area contributed by atoms with Crippen molar-refractivity contribution in [2.45, 2.75) is 71.3 Å². The second-order valence-corrected chi connectivity index (χ2v) is 8.81. The summed E-state index contributed by atoms with van der Waals surface area (Å²) < 4.78 is 0. The lowest BCUT2D eigenvalue weighted by Crippen LogP contribution is -2.57. The highest BCUT2D eigenvalue weighted by Crippen LogP contribution is 2.65. The van der Waals surface area contributed by atoms with Crippen LogP contribution in [0.25, 0.3) is 0 Å². The Balaban J connectivity index is 1.72. The molecule has 1 N–H and O–H groups in total. The predicted molar refractivity (Wildman–Crippen MR) is 82.3 cm³/mol. The van der Waals surface area contributed by atoms with Gasteiger partial charge in [-0.2, -0.15) is 0 Å². The van der Waals surface area contributed by atoms with Gasteiger partial charge in [0, 0.05) is 0 Å². The Morgan fingerprint density at radius 2 is 1.95 bits per heavy atom. The molecule has 3 saturated carbocycles. The first-order chi connectivity index (χ1) is 9.55. The van der Waals surface area contributed by atoms with Crippen LogP contribution >= 0.6 is 0 Å². The van der Waals surface area contributed by atoms with Crippen molar-refractivity contribution in [2.24, 2.45) is 34.5 Å². The van der Waals surface area contributed by atoms with Crippen LogP contribution in [0.2, 0.25) is 0 Å². The van der Waals surface area contributed by atoms with E-state index in [0.29, 0.717) is 16.7 Å².